The van der Waals surface area contributed by atoms with E-state index >= 15 is 0 Å². The SMILES string of the molecule is CCCCCCNc1c(N)c(=S)c1=S. The zero-order chi connectivity index (χ0) is 10.6. The van der Waals surface area contributed by atoms with Gasteiger partial charge in [-0.25, -0.2) is 0 Å². The lowest BCUT2D eigenvalue weighted by atomic mass is 10.2. The van der Waals surface area contributed by atoms with E-state index in [0.717, 1.165) is 16.7 Å². The molecule has 0 fully saturated rings. The molecule has 0 aliphatic rings. The molecule has 0 saturated carbocycles. The molecule has 0 atom stereocenters. The summed E-state index contributed by atoms with van der Waals surface area (Å²) in [6, 6.07) is 0. The molecule has 0 saturated heterocycles. The van der Waals surface area contributed by atoms with Gasteiger partial charge in [0.25, 0.3) is 0 Å². The van der Waals surface area contributed by atoms with E-state index in [-0.39, 0.29) is 0 Å². The van der Waals surface area contributed by atoms with Crippen LogP contribution in [-0.2, 0) is 0 Å². The summed E-state index contributed by atoms with van der Waals surface area (Å²) in [6.45, 7) is 3.15. The molecule has 0 amide bonds. The fraction of sp³-hybridized carbons (Fsp3) is 0.600. The standard InChI is InChI=1S/C10H16N2S2/c1-2-3-4-5-6-12-8-7(11)9(13)10(8)14/h12H,2-6,11H2,1H3. The van der Waals surface area contributed by atoms with Crippen LogP contribution in [0, 0.1) is 9.02 Å². The maximum absolute atomic E-state index is 5.69. The average molecular weight is 228 g/mol. The van der Waals surface area contributed by atoms with Gasteiger partial charge in [-0.15, -0.1) is 0 Å². The second-order valence-corrected chi connectivity index (χ2v) is 4.25. The van der Waals surface area contributed by atoms with E-state index < -0.39 is 0 Å². The molecule has 0 aliphatic carbocycles. The molecule has 1 rings (SSSR count). The van der Waals surface area contributed by atoms with Gasteiger partial charge in [0.05, 0.1) is 20.4 Å². The summed E-state index contributed by atoms with van der Waals surface area (Å²) in [5.74, 6) is 0. The fourth-order valence-electron chi connectivity index (χ4n) is 1.35. The van der Waals surface area contributed by atoms with Gasteiger partial charge in [0, 0.05) is 6.54 Å². The van der Waals surface area contributed by atoms with E-state index in [1.54, 1.807) is 0 Å². The Kier molecular flexibility index (Phi) is 4.48. The van der Waals surface area contributed by atoms with Crippen LogP contribution in [0.4, 0.5) is 11.4 Å². The molecule has 0 bridgehead atoms. The number of nitrogen functional groups attached to an aromatic ring is 1. The van der Waals surface area contributed by atoms with Crippen molar-refractivity contribution in [3.05, 3.63) is 9.02 Å². The number of anilines is 2. The highest BCUT2D eigenvalue weighted by Gasteiger charge is 2.09. The first-order valence-corrected chi connectivity index (χ1v) is 5.82. The van der Waals surface area contributed by atoms with Crippen molar-refractivity contribution in [2.24, 2.45) is 0 Å². The Morgan fingerprint density at radius 1 is 1.14 bits per heavy atom. The highest BCUT2D eigenvalue weighted by Crippen LogP contribution is 2.28. The van der Waals surface area contributed by atoms with Crippen LogP contribution in [-0.4, -0.2) is 6.54 Å². The smallest absolute Gasteiger partial charge is 0.0832 e. The van der Waals surface area contributed by atoms with Gasteiger partial charge in [0.1, 0.15) is 0 Å². The van der Waals surface area contributed by atoms with E-state index in [1.807, 2.05) is 0 Å². The molecule has 1 aromatic rings. The van der Waals surface area contributed by atoms with Crippen molar-refractivity contribution in [3.63, 3.8) is 0 Å². The summed E-state index contributed by atoms with van der Waals surface area (Å²) < 4.78 is 1.38. The van der Waals surface area contributed by atoms with Crippen LogP contribution < -0.4 is 11.1 Å². The molecule has 2 nitrogen and oxygen atoms in total. The molecule has 0 unspecified atom stereocenters. The summed E-state index contributed by atoms with van der Waals surface area (Å²) in [7, 11) is 0. The predicted octanol–water partition coefficient (Wildman–Crippen LogP) is 3.60. The van der Waals surface area contributed by atoms with Gasteiger partial charge in [0.15, 0.2) is 0 Å². The average Bonchev–Trinajstić information content (AvgIpc) is 2.22. The van der Waals surface area contributed by atoms with Crippen molar-refractivity contribution in [2.75, 3.05) is 17.6 Å². The zero-order valence-corrected chi connectivity index (χ0v) is 10.1. The summed E-state index contributed by atoms with van der Waals surface area (Å²) in [6.07, 6.45) is 4.97. The van der Waals surface area contributed by atoms with Crippen LogP contribution in [0.25, 0.3) is 0 Å². The molecule has 14 heavy (non-hydrogen) atoms. The Morgan fingerprint density at radius 2 is 1.86 bits per heavy atom. The van der Waals surface area contributed by atoms with Crippen molar-refractivity contribution in [1.82, 2.24) is 0 Å². The number of unbranched alkanes of at least 4 members (excludes halogenated alkanes) is 3. The number of nitrogens with one attached hydrogen (secondary N) is 1. The molecule has 3 N–H and O–H groups in total. The third kappa shape index (κ3) is 2.51. The van der Waals surface area contributed by atoms with Gasteiger partial charge in [-0.05, 0) is 6.42 Å². The van der Waals surface area contributed by atoms with Gasteiger partial charge in [0.2, 0.25) is 0 Å². The van der Waals surface area contributed by atoms with Crippen molar-refractivity contribution < 1.29 is 0 Å². The molecule has 0 spiro atoms. The molecule has 0 radical (unpaired) electrons. The van der Waals surface area contributed by atoms with E-state index in [2.05, 4.69) is 12.2 Å². The summed E-state index contributed by atoms with van der Waals surface area (Å²) in [5, 5.41) is 3.23. The topological polar surface area (TPSA) is 38.0 Å². The first-order chi connectivity index (χ1) is 6.68. The minimum atomic E-state index is 0.649. The molecule has 4 heteroatoms. The monoisotopic (exact) mass is 228 g/mol. The summed E-state index contributed by atoms with van der Waals surface area (Å²) in [4.78, 5) is 0. The Labute approximate surface area is 95.2 Å². The third-order valence-corrected chi connectivity index (χ3v) is 3.24. The normalized spacial score (nSPS) is 10.6. The van der Waals surface area contributed by atoms with Crippen LogP contribution in [0.2, 0.25) is 0 Å². The third-order valence-electron chi connectivity index (χ3n) is 2.28. The summed E-state index contributed by atoms with van der Waals surface area (Å²) >= 11 is 10.0. The molecule has 1 aromatic carbocycles. The number of hydrogen-bond acceptors (Lipinski definition) is 4. The maximum Gasteiger partial charge on any atom is 0.0832 e. The molecular formula is C10H16N2S2. The Morgan fingerprint density at radius 3 is 2.43 bits per heavy atom. The van der Waals surface area contributed by atoms with Gasteiger partial charge >= 0.3 is 0 Å². The quantitative estimate of drug-likeness (QED) is 0.576. The zero-order valence-electron chi connectivity index (χ0n) is 8.43. The first kappa shape index (κ1) is 11.6. The van der Waals surface area contributed by atoms with Crippen LogP contribution in [0.15, 0.2) is 0 Å². The molecular weight excluding hydrogens is 212 g/mol. The minimum absolute atomic E-state index is 0.649. The van der Waals surface area contributed by atoms with E-state index in [1.165, 1.54) is 25.7 Å². The molecule has 78 valence electrons. The first-order valence-electron chi connectivity index (χ1n) is 5.01. The predicted molar refractivity (Wildman–Crippen MR) is 67.5 cm³/mol. The molecule has 0 aromatic heterocycles. The number of rotatable bonds is 6. The van der Waals surface area contributed by atoms with Crippen LogP contribution in [0.3, 0.4) is 0 Å². The van der Waals surface area contributed by atoms with E-state index in [0.29, 0.717) is 10.2 Å². The van der Waals surface area contributed by atoms with Crippen molar-refractivity contribution >= 4 is 35.8 Å². The lowest BCUT2D eigenvalue weighted by Gasteiger charge is -2.12. The van der Waals surface area contributed by atoms with Crippen LogP contribution >= 0.6 is 24.4 Å². The van der Waals surface area contributed by atoms with Gasteiger partial charge < -0.3 is 11.1 Å². The maximum atomic E-state index is 5.69. The lowest BCUT2D eigenvalue weighted by Crippen LogP contribution is -2.08. The van der Waals surface area contributed by atoms with Gasteiger partial charge in [-0.3, -0.25) is 0 Å². The van der Waals surface area contributed by atoms with Crippen LogP contribution in [0.1, 0.15) is 32.6 Å². The minimum Gasteiger partial charge on any atom is -0.396 e. The lowest BCUT2D eigenvalue weighted by molar-refractivity contribution is 0.685. The Bertz CT molecular complexity index is 364. The Hall–Kier alpha value is -0.480. The fourth-order valence-corrected chi connectivity index (χ4v) is 1.85. The Balaban J connectivity index is 2.27. The number of hydrogen-bond donors (Lipinski definition) is 2. The highest BCUT2D eigenvalue weighted by molar-refractivity contribution is 7.74. The van der Waals surface area contributed by atoms with Gasteiger partial charge in [-0.1, -0.05) is 50.6 Å². The molecule has 0 heterocycles. The van der Waals surface area contributed by atoms with Crippen molar-refractivity contribution in [2.45, 2.75) is 32.6 Å². The van der Waals surface area contributed by atoms with E-state index in [9.17, 15) is 0 Å². The van der Waals surface area contributed by atoms with Crippen molar-refractivity contribution in [3.8, 4) is 0 Å². The number of nitrogens with two attached hydrogens (primary N) is 1. The second kappa shape index (κ2) is 5.41. The largest absolute Gasteiger partial charge is 0.396 e. The summed E-state index contributed by atoms with van der Waals surface area (Å²) in [5.41, 5.74) is 7.24. The van der Waals surface area contributed by atoms with Crippen molar-refractivity contribution in [1.29, 1.82) is 0 Å². The molecule has 0 aliphatic heterocycles. The van der Waals surface area contributed by atoms with Crippen LogP contribution in [0.5, 0.6) is 0 Å². The highest BCUT2D eigenvalue weighted by atomic mass is 32.1. The van der Waals surface area contributed by atoms with Gasteiger partial charge in [-0.2, -0.15) is 0 Å². The second-order valence-electron chi connectivity index (χ2n) is 3.43. The van der Waals surface area contributed by atoms with E-state index in [4.69, 9.17) is 30.2 Å².